The Balaban J connectivity index is 2.43. The first-order chi connectivity index (χ1) is 11.7. The molecule has 1 aromatic rings. The van der Waals surface area contributed by atoms with E-state index in [0.29, 0.717) is 18.6 Å². The van der Waals surface area contributed by atoms with Gasteiger partial charge in [-0.3, -0.25) is 14.3 Å². The maximum atomic E-state index is 12.3. The van der Waals surface area contributed by atoms with E-state index in [0.717, 1.165) is 0 Å². The van der Waals surface area contributed by atoms with Gasteiger partial charge in [-0.25, -0.2) is 4.79 Å². The zero-order valence-corrected chi connectivity index (χ0v) is 15.4. The van der Waals surface area contributed by atoms with E-state index in [2.05, 4.69) is 4.98 Å². The largest absolute Gasteiger partial charge is 0.388 e. The molecule has 2 rings (SSSR count). The molecule has 0 spiro atoms. The van der Waals surface area contributed by atoms with Gasteiger partial charge >= 0.3 is 5.69 Å². The fourth-order valence-electron chi connectivity index (χ4n) is 2.94. The third-order valence-electron chi connectivity index (χ3n) is 4.36. The minimum absolute atomic E-state index is 0.263. The molecule has 0 aromatic carbocycles. The van der Waals surface area contributed by atoms with Gasteiger partial charge in [-0.15, -0.1) is 0 Å². The van der Waals surface area contributed by atoms with Crippen LogP contribution in [0.15, 0.2) is 15.8 Å². The Hall–Kier alpha value is -1.48. The number of aromatic nitrogens is 2. The Labute approximate surface area is 146 Å². The van der Waals surface area contributed by atoms with E-state index >= 15 is 0 Å². The molecule has 0 bridgehead atoms. The standard InChI is InChI=1S/C17H28N2O6/c1-6-11-12(20)13(24-8-7-23-5)15(25-11)19-9-10(17(2,3)4)14(21)18-16(19)22/h9,11-13,15,20H,6-8H2,1-5H3,(H,18,21,22). The molecule has 0 amide bonds. The van der Waals surface area contributed by atoms with Gasteiger partial charge in [-0.1, -0.05) is 27.7 Å². The average Bonchev–Trinajstić information content (AvgIpc) is 2.83. The number of ether oxygens (including phenoxy) is 3. The summed E-state index contributed by atoms with van der Waals surface area (Å²) in [4.78, 5) is 26.8. The molecule has 1 aromatic heterocycles. The lowest BCUT2D eigenvalue weighted by Gasteiger charge is -2.24. The maximum absolute atomic E-state index is 12.3. The van der Waals surface area contributed by atoms with Gasteiger partial charge in [0.2, 0.25) is 0 Å². The van der Waals surface area contributed by atoms with Crippen molar-refractivity contribution in [1.29, 1.82) is 0 Å². The molecule has 1 aliphatic rings. The Bertz CT molecular complexity index is 690. The second-order valence-electron chi connectivity index (χ2n) is 7.25. The van der Waals surface area contributed by atoms with Gasteiger partial charge < -0.3 is 19.3 Å². The van der Waals surface area contributed by atoms with Crippen molar-refractivity contribution < 1.29 is 19.3 Å². The topological polar surface area (TPSA) is 103 Å². The molecule has 1 aliphatic heterocycles. The zero-order chi connectivity index (χ0) is 18.8. The molecule has 2 N–H and O–H groups in total. The molecular formula is C17H28N2O6. The summed E-state index contributed by atoms with van der Waals surface area (Å²) in [6.07, 6.45) is -0.785. The highest BCUT2D eigenvalue weighted by Gasteiger charge is 2.45. The summed E-state index contributed by atoms with van der Waals surface area (Å²) >= 11 is 0. The van der Waals surface area contributed by atoms with Crippen LogP contribution in [0.5, 0.6) is 0 Å². The first-order valence-electron chi connectivity index (χ1n) is 8.50. The van der Waals surface area contributed by atoms with Gasteiger partial charge in [0.05, 0.1) is 19.3 Å². The molecule has 2 heterocycles. The number of aliphatic hydroxyl groups is 1. The van der Waals surface area contributed by atoms with E-state index < -0.39 is 41.2 Å². The van der Waals surface area contributed by atoms with Crippen LogP contribution in [0.2, 0.25) is 0 Å². The summed E-state index contributed by atoms with van der Waals surface area (Å²) in [5, 5.41) is 10.5. The monoisotopic (exact) mass is 356 g/mol. The van der Waals surface area contributed by atoms with Crippen LogP contribution in [0.1, 0.15) is 45.9 Å². The predicted octanol–water partition coefficient (Wildman–Crippen LogP) is 0.534. The minimum Gasteiger partial charge on any atom is -0.388 e. The van der Waals surface area contributed by atoms with Crippen molar-refractivity contribution in [3.63, 3.8) is 0 Å². The van der Waals surface area contributed by atoms with Gasteiger partial charge in [0.1, 0.15) is 12.2 Å². The highest BCUT2D eigenvalue weighted by molar-refractivity contribution is 5.16. The van der Waals surface area contributed by atoms with E-state index in [1.165, 1.54) is 10.8 Å². The highest BCUT2D eigenvalue weighted by Crippen LogP contribution is 2.32. The van der Waals surface area contributed by atoms with Crippen LogP contribution in [-0.4, -0.2) is 53.3 Å². The molecule has 8 heteroatoms. The lowest BCUT2D eigenvalue weighted by atomic mass is 9.89. The number of hydrogen-bond donors (Lipinski definition) is 2. The molecule has 0 radical (unpaired) electrons. The lowest BCUT2D eigenvalue weighted by molar-refractivity contribution is -0.0798. The summed E-state index contributed by atoms with van der Waals surface area (Å²) in [6.45, 7) is 8.17. The Morgan fingerprint density at radius 3 is 2.56 bits per heavy atom. The second kappa shape index (κ2) is 7.82. The molecule has 8 nitrogen and oxygen atoms in total. The normalized spacial score (nSPS) is 27.0. The van der Waals surface area contributed by atoms with Crippen LogP contribution in [0.3, 0.4) is 0 Å². The minimum atomic E-state index is -0.872. The highest BCUT2D eigenvalue weighted by atomic mass is 16.6. The summed E-state index contributed by atoms with van der Waals surface area (Å²) < 4.78 is 17.9. The van der Waals surface area contributed by atoms with Gasteiger partial charge in [-0.05, 0) is 11.8 Å². The smallest absolute Gasteiger partial charge is 0.330 e. The van der Waals surface area contributed by atoms with Crippen molar-refractivity contribution in [2.75, 3.05) is 20.3 Å². The van der Waals surface area contributed by atoms with E-state index in [1.54, 1.807) is 7.11 Å². The number of rotatable bonds is 6. The number of H-pyrrole nitrogens is 1. The van der Waals surface area contributed by atoms with Gasteiger partial charge in [0.25, 0.3) is 5.56 Å². The molecule has 0 saturated carbocycles. The Morgan fingerprint density at radius 2 is 2.00 bits per heavy atom. The number of methoxy groups -OCH3 is 1. The third kappa shape index (κ3) is 4.20. The van der Waals surface area contributed by atoms with E-state index in [4.69, 9.17) is 14.2 Å². The number of aliphatic hydroxyl groups excluding tert-OH is 1. The van der Waals surface area contributed by atoms with Crippen LogP contribution in [0, 0.1) is 0 Å². The number of nitrogens with one attached hydrogen (secondary N) is 1. The Kier molecular flexibility index (Phi) is 6.21. The van der Waals surface area contributed by atoms with Crippen molar-refractivity contribution >= 4 is 0 Å². The zero-order valence-electron chi connectivity index (χ0n) is 15.4. The third-order valence-corrected chi connectivity index (χ3v) is 4.36. The first kappa shape index (κ1) is 19.8. The van der Waals surface area contributed by atoms with Crippen LogP contribution in [-0.2, 0) is 19.6 Å². The molecule has 4 unspecified atom stereocenters. The number of nitrogens with zero attached hydrogens (tertiary/aromatic N) is 1. The van der Waals surface area contributed by atoms with Gasteiger partial charge in [0, 0.05) is 18.9 Å². The van der Waals surface area contributed by atoms with Crippen LogP contribution in [0.25, 0.3) is 0 Å². The quantitative estimate of drug-likeness (QED) is 0.721. The summed E-state index contributed by atoms with van der Waals surface area (Å²) in [6, 6.07) is 0. The van der Waals surface area contributed by atoms with Crippen molar-refractivity contribution in [3.05, 3.63) is 32.6 Å². The number of aromatic amines is 1. The first-order valence-corrected chi connectivity index (χ1v) is 8.50. The molecule has 1 fully saturated rings. The van der Waals surface area contributed by atoms with Crippen LogP contribution < -0.4 is 11.2 Å². The van der Waals surface area contributed by atoms with Crippen molar-refractivity contribution in [2.45, 2.75) is 64.1 Å². The predicted molar refractivity (Wildman–Crippen MR) is 91.8 cm³/mol. The van der Waals surface area contributed by atoms with Crippen LogP contribution >= 0.6 is 0 Å². The summed E-state index contributed by atoms with van der Waals surface area (Å²) in [5.74, 6) is 0. The average molecular weight is 356 g/mol. The maximum Gasteiger partial charge on any atom is 0.330 e. The van der Waals surface area contributed by atoms with Crippen molar-refractivity contribution in [2.24, 2.45) is 0 Å². The molecule has 1 saturated heterocycles. The van der Waals surface area contributed by atoms with Crippen molar-refractivity contribution in [1.82, 2.24) is 9.55 Å². The van der Waals surface area contributed by atoms with Gasteiger partial charge in [0.15, 0.2) is 6.23 Å². The van der Waals surface area contributed by atoms with Crippen LogP contribution in [0.4, 0.5) is 0 Å². The van der Waals surface area contributed by atoms with E-state index in [1.807, 2.05) is 27.7 Å². The molecular weight excluding hydrogens is 328 g/mol. The summed E-state index contributed by atoms with van der Waals surface area (Å²) in [5.41, 5.74) is -0.999. The molecule has 142 valence electrons. The fourth-order valence-corrected chi connectivity index (χ4v) is 2.94. The molecule has 25 heavy (non-hydrogen) atoms. The fraction of sp³-hybridized carbons (Fsp3) is 0.765. The van der Waals surface area contributed by atoms with Crippen molar-refractivity contribution in [3.8, 4) is 0 Å². The van der Waals surface area contributed by atoms with E-state index in [9.17, 15) is 14.7 Å². The lowest BCUT2D eigenvalue weighted by Crippen LogP contribution is -2.41. The Morgan fingerprint density at radius 1 is 1.32 bits per heavy atom. The van der Waals surface area contributed by atoms with Gasteiger partial charge in [-0.2, -0.15) is 0 Å². The summed E-state index contributed by atoms with van der Waals surface area (Å²) in [7, 11) is 1.55. The van der Waals surface area contributed by atoms with E-state index in [-0.39, 0.29) is 6.61 Å². The second-order valence-corrected chi connectivity index (χ2v) is 7.25. The number of hydrogen-bond acceptors (Lipinski definition) is 6. The molecule has 0 aliphatic carbocycles. The molecule has 4 atom stereocenters. The SMILES string of the molecule is CCC1OC(n2cc(C(C)(C)C)c(=O)[nH]c2=O)C(OCCOC)C1O.